The molecule has 0 radical (unpaired) electrons. The van der Waals surface area contributed by atoms with Gasteiger partial charge in [0, 0.05) is 39.9 Å². The minimum Gasteiger partial charge on any atom is -0.543 e. The molecule has 0 spiro atoms. The topological polar surface area (TPSA) is 167 Å². The highest BCUT2D eigenvalue weighted by Crippen LogP contribution is 2.40. The summed E-state index contributed by atoms with van der Waals surface area (Å²) in [4.78, 5) is 49.0. The number of hydrogen-bond acceptors (Lipinski definition) is 12. The lowest BCUT2D eigenvalue weighted by Crippen LogP contribution is -2.71. The molecule has 4 rings (SSSR count). The minimum atomic E-state index is -1.44. The lowest BCUT2D eigenvalue weighted by Gasteiger charge is -2.50. The number of amides is 2. The first kappa shape index (κ1) is 24.9. The Morgan fingerprint density at radius 3 is 2.77 bits per heavy atom. The first-order valence-electron chi connectivity index (χ1n) is 10.4. The SMILES string of the molecule is CCON=C(C(=O)NC1C(=O)N2C(C(=O)[O-])=C(C[n+]3ccc(SC)cc3)CS[C@@H]12)c1nsc(N)n1. The monoisotopic (exact) mass is 535 g/mol. The molecule has 1 saturated heterocycles. The highest BCUT2D eigenvalue weighted by molar-refractivity contribution is 8.00. The molecule has 0 aliphatic carbocycles. The number of rotatable bonds is 9. The third-order valence-electron chi connectivity index (χ3n) is 5.15. The average molecular weight is 536 g/mol. The van der Waals surface area contributed by atoms with E-state index in [2.05, 4.69) is 19.8 Å². The molecule has 2 amide bonds. The molecule has 15 heteroatoms. The number of thioether (sulfide) groups is 2. The van der Waals surface area contributed by atoms with Crippen LogP contribution in [0.5, 0.6) is 0 Å². The van der Waals surface area contributed by atoms with Crippen LogP contribution in [0.4, 0.5) is 5.13 Å². The van der Waals surface area contributed by atoms with Crippen LogP contribution < -0.4 is 20.7 Å². The van der Waals surface area contributed by atoms with Crippen molar-refractivity contribution in [1.29, 1.82) is 0 Å². The lowest BCUT2D eigenvalue weighted by molar-refractivity contribution is -0.689. The summed E-state index contributed by atoms with van der Waals surface area (Å²) in [6.07, 6.45) is 5.66. The normalized spacial score (nSPS) is 19.8. The van der Waals surface area contributed by atoms with Crippen LogP contribution in [0.1, 0.15) is 12.7 Å². The van der Waals surface area contributed by atoms with Crippen molar-refractivity contribution in [3.05, 3.63) is 41.6 Å². The molecule has 4 heterocycles. The van der Waals surface area contributed by atoms with Crippen molar-refractivity contribution in [2.24, 2.45) is 5.16 Å². The number of anilines is 1. The molecule has 0 bridgehead atoms. The number of nitrogen functional groups attached to an aromatic ring is 1. The lowest BCUT2D eigenvalue weighted by atomic mass is 10.0. The quantitative estimate of drug-likeness (QED) is 0.133. The number of aromatic nitrogens is 3. The Morgan fingerprint density at radius 1 is 1.43 bits per heavy atom. The maximum atomic E-state index is 12.9. The summed E-state index contributed by atoms with van der Waals surface area (Å²) < 4.78 is 5.81. The standard InChI is InChI=1S/C20H21N7O5S3/c1-3-32-24-12(15-23-20(21)35-25-15)16(28)22-13-17(29)27-14(19(30)31)10(9-34-18(13)27)8-26-6-4-11(33-2)5-7-26/h4-7,13,18H,3,8-9H2,1-2H3,(H3-,21,22,23,25,28,30,31)/t13?,18-/m0/s1. The Kier molecular flexibility index (Phi) is 7.57. The van der Waals surface area contributed by atoms with Gasteiger partial charge >= 0.3 is 0 Å². The number of oxime groups is 1. The molecule has 2 aliphatic rings. The Hall–Kier alpha value is -3.17. The molecule has 35 heavy (non-hydrogen) atoms. The van der Waals surface area contributed by atoms with Gasteiger partial charge in [0.05, 0.1) is 11.7 Å². The van der Waals surface area contributed by atoms with Crippen LogP contribution in [-0.2, 0) is 25.8 Å². The Labute approximate surface area is 212 Å². The predicted molar refractivity (Wildman–Crippen MR) is 128 cm³/mol. The third kappa shape index (κ3) is 5.11. The van der Waals surface area contributed by atoms with E-state index in [-0.39, 0.29) is 29.0 Å². The third-order valence-corrected chi connectivity index (χ3v) is 7.78. The number of carbonyl (C=O) groups is 3. The number of carboxylic acids is 1. The maximum absolute atomic E-state index is 12.9. The van der Waals surface area contributed by atoms with E-state index >= 15 is 0 Å². The second kappa shape index (κ2) is 10.6. The van der Waals surface area contributed by atoms with Crippen molar-refractivity contribution in [3.8, 4) is 0 Å². The number of nitrogens with zero attached hydrogens (tertiary/aromatic N) is 5. The van der Waals surface area contributed by atoms with E-state index in [4.69, 9.17) is 10.6 Å². The molecular formula is C20H21N7O5S3. The van der Waals surface area contributed by atoms with Gasteiger partial charge < -0.3 is 25.8 Å². The van der Waals surface area contributed by atoms with E-state index in [1.807, 2.05) is 35.3 Å². The molecule has 184 valence electrons. The zero-order valence-corrected chi connectivity index (χ0v) is 21.1. The van der Waals surface area contributed by atoms with Crippen molar-refractivity contribution in [2.45, 2.75) is 29.8 Å². The number of nitrogens with two attached hydrogens (primary N) is 1. The van der Waals surface area contributed by atoms with Gasteiger partial charge in [-0.2, -0.15) is 9.36 Å². The first-order valence-corrected chi connectivity index (χ1v) is 13.4. The average Bonchev–Trinajstić information content (AvgIpc) is 3.28. The van der Waals surface area contributed by atoms with E-state index in [0.29, 0.717) is 17.9 Å². The zero-order valence-electron chi connectivity index (χ0n) is 18.7. The molecule has 1 unspecified atom stereocenters. The second-order valence-electron chi connectivity index (χ2n) is 7.32. The van der Waals surface area contributed by atoms with Gasteiger partial charge in [-0.05, 0) is 13.2 Å². The van der Waals surface area contributed by atoms with Crippen LogP contribution in [0.25, 0.3) is 0 Å². The summed E-state index contributed by atoms with van der Waals surface area (Å²) in [5, 5.41) is 17.9. The van der Waals surface area contributed by atoms with Gasteiger partial charge in [-0.3, -0.25) is 14.5 Å². The fourth-order valence-electron chi connectivity index (χ4n) is 3.55. The summed E-state index contributed by atoms with van der Waals surface area (Å²) in [6, 6.07) is 2.89. The molecule has 2 aromatic heterocycles. The summed E-state index contributed by atoms with van der Waals surface area (Å²) in [7, 11) is 0. The summed E-state index contributed by atoms with van der Waals surface area (Å²) in [5.41, 5.74) is 5.76. The van der Waals surface area contributed by atoms with Gasteiger partial charge in [-0.15, -0.1) is 23.5 Å². The van der Waals surface area contributed by atoms with Gasteiger partial charge in [0.15, 0.2) is 24.1 Å². The van der Waals surface area contributed by atoms with Crippen molar-refractivity contribution >= 4 is 63.7 Å². The summed E-state index contributed by atoms with van der Waals surface area (Å²) >= 11 is 3.84. The maximum Gasteiger partial charge on any atom is 0.278 e. The van der Waals surface area contributed by atoms with Crippen LogP contribution in [-0.4, -0.2) is 67.8 Å². The van der Waals surface area contributed by atoms with Crippen molar-refractivity contribution < 1.29 is 28.9 Å². The number of carbonyl (C=O) groups excluding carboxylic acids is 3. The van der Waals surface area contributed by atoms with Gasteiger partial charge in [0.2, 0.25) is 11.5 Å². The number of pyridine rings is 1. The van der Waals surface area contributed by atoms with Gasteiger partial charge in [0.25, 0.3) is 11.8 Å². The highest BCUT2D eigenvalue weighted by Gasteiger charge is 2.53. The number of aliphatic carboxylic acids is 1. The number of β-lactam (4-membered cyclic amide) rings is 1. The van der Waals surface area contributed by atoms with Crippen molar-refractivity contribution in [3.63, 3.8) is 0 Å². The van der Waals surface area contributed by atoms with Gasteiger partial charge in [0.1, 0.15) is 18.0 Å². The fourth-order valence-corrected chi connectivity index (χ4v) is 5.72. The van der Waals surface area contributed by atoms with Crippen molar-refractivity contribution in [1.82, 2.24) is 19.6 Å². The van der Waals surface area contributed by atoms with E-state index < -0.39 is 29.2 Å². The summed E-state index contributed by atoms with van der Waals surface area (Å²) in [5.74, 6) is -2.41. The molecule has 2 atom stereocenters. The molecule has 3 N–H and O–H groups in total. The molecule has 0 aromatic carbocycles. The minimum absolute atomic E-state index is 0.0273. The van der Waals surface area contributed by atoms with Crippen molar-refractivity contribution in [2.75, 3.05) is 24.3 Å². The van der Waals surface area contributed by atoms with Crippen LogP contribution in [0.3, 0.4) is 0 Å². The molecule has 2 aromatic rings. The van der Waals surface area contributed by atoms with E-state index in [9.17, 15) is 19.5 Å². The predicted octanol–water partition coefficient (Wildman–Crippen LogP) is -1.03. The van der Waals surface area contributed by atoms with Gasteiger partial charge in [-0.1, -0.05) is 5.16 Å². The molecule has 2 aliphatic heterocycles. The van der Waals surface area contributed by atoms with Gasteiger partial charge in [-0.25, -0.2) is 4.57 Å². The fraction of sp³-hybridized carbons (Fsp3) is 0.350. The Bertz CT molecular complexity index is 1210. The Morgan fingerprint density at radius 2 is 2.17 bits per heavy atom. The van der Waals surface area contributed by atoms with Crippen LogP contribution in [0.15, 0.2) is 45.8 Å². The molecule has 1 fully saturated rings. The number of fused-ring (bicyclic) bond motifs is 1. The molecule has 0 saturated carbocycles. The van der Waals surface area contributed by atoms with E-state index in [1.54, 1.807) is 18.7 Å². The first-order chi connectivity index (χ1) is 16.8. The number of carboxylic acid groups (broad SMARTS) is 1. The Balaban J connectivity index is 1.52. The number of hydrogen-bond donors (Lipinski definition) is 2. The largest absolute Gasteiger partial charge is 0.543 e. The summed E-state index contributed by atoms with van der Waals surface area (Å²) in [6.45, 7) is 2.18. The smallest absolute Gasteiger partial charge is 0.278 e. The van der Waals surface area contributed by atoms with Crippen LogP contribution in [0.2, 0.25) is 0 Å². The van der Waals surface area contributed by atoms with E-state index in [0.717, 1.165) is 16.4 Å². The van der Waals surface area contributed by atoms with E-state index in [1.165, 1.54) is 16.7 Å². The zero-order chi connectivity index (χ0) is 25.1. The van der Waals surface area contributed by atoms with Crippen LogP contribution in [0, 0.1) is 0 Å². The highest BCUT2D eigenvalue weighted by atomic mass is 32.2. The van der Waals surface area contributed by atoms with Crippen LogP contribution >= 0.6 is 35.1 Å². The molecular weight excluding hydrogens is 514 g/mol. The second-order valence-corrected chi connectivity index (χ2v) is 10.1. The number of nitrogens with one attached hydrogen (secondary N) is 1. The molecule has 12 nitrogen and oxygen atoms in total.